The van der Waals surface area contributed by atoms with Gasteiger partial charge in [0.25, 0.3) is 0 Å². The molecule has 1 aromatic carbocycles. The van der Waals surface area contributed by atoms with Gasteiger partial charge in [0, 0.05) is 18.8 Å². The van der Waals surface area contributed by atoms with E-state index in [2.05, 4.69) is 41.3 Å². The van der Waals surface area contributed by atoms with Gasteiger partial charge in [-0.05, 0) is 50.0 Å². The molecule has 3 N–H and O–H groups in total. The van der Waals surface area contributed by atoms with Crippen LogP contribution in [0.4, 0.5) is 5.69 Å². The highest BCUT2D eigenvalue weighted by molar-refractivity contribution is 14.0. The lowest BCUT2D eigenvalue weighted by Gasteiger charge is -2.10. The normalized spacial score (nSPS) is 19.7. The lowest BCUT2D eigenvalue weighted by Crippen LogP contribution is -2.24. The molecule has 1 aromatic rings. The monoisotopic (exact) mass is 388 g/mol. The molecule has 4 nitrogen and oxygen atoms in total. The van der Waals surface area contributed by atoms with Crippen molar-refractivity contribution in [2.24, 2.45) is 16.6 Å². The van der Waals surface area contributed by atoms with Crippen LogP contribution in [-0.2, 0) is 6.42 Å². The SMILES string of the molecule is CCc1cccc(NC(N)=NCC2CCN(C)C2)c1.I. The van der Waals surface area contributed by atoms with Gasteiger partial charge in [-0.25, -0.2) is 0 Å². The molecule has 0 amide bonds. The van der Waals surface area contributed by atoms with Crippen molar-refractivity contribution in [3.63, 3.8) is 0 Å². The summed E-state index contributed by atoms with van der Waals surface area (Å²) in [5, 5.41) is 3.17. The van der Waals surface area contributed by atoms with E-state index >= 15 is 0 Å². The summed E-state index contributed by atoms with van der Waals surface area (Å²) in [5.74, 6) is 1.16. The van der Waals surface area contributed by atoms with E-state index in [4.69, 9.17) is 5.73 Å². The predicted octanol–water partition coefficient (Wildman–Crippen LogP) is 2.55. The number of anilines is 1. The largest absolute Gasteiger partial charge is 0.370 e. The van der Waals surface area contributed by atoms with Crippen LogP contribution in [0.25, 0.3) is 0 Å². The molecule has 2 rings (SSSR count). The summed E-state index contributed by atoms with van der Waals surface area (Å²) in [4.78, 5) is 6.79. The minimum atomic E-state index is 0. The summed E-state index contributed by atoms with van der Waals surface area (Å²) in [6.45, 7) is 5.26. The smallest absolute Gasteiger partial charge is 0.193 e. The summed E-state index contributed by atoms with van der Waals surface area (Å²) in [6, 6.07) is 8.30. The maximum Gasteiger partial charge on any atom is 0.193 e. The van der Waals surface area contributed by atoms with Crippen LogP contribution in [0.3, 0.4) is 0 Å². The Bertz CT molecular complexity index is 447. The molecule has 1 fully saturated rings. The highest BCUT2D eigenvalue weighted by Gasteiger charge is 2.18. The molecule has 20 heavy (non-hydrogen) atoms. The molecule has 0 saturated carbocycles. The number of nitrogens with zero attached hydrogens (tertiary/aromatic N) is 2. The number of aryl methyl sites for hydroxylation is 1. The Labute approximate surface area is 138 Å². The molecule has 5 heteroatoms. The number of benzene rings is 1. The molecule has 1 atom stereocenters. The van der Waals surface area contributed by atoms with Crippen molar-refractivity contribution in [3.05, 3.63) is 29.8 Å². The van der Waals surface area contributed by atoms with Gasteiger partial charge in [-0.1, -0.05) is 19.1 Å². The van der Waals surface area contributed by atoms with Crippen LogP contribution in [0.1, 0.15) is 18.9 Å². The second kappa shape index (κ2) is 8.46. The first kappa shape index (κ1) is 17.2. The van der Waals surface area contributed by atoms with E-state index in [1.165, 1.54) is 18.5 Å². The van der Waals surface area contributed by atoms with E-state index in [0.29, 0.717) is 11.9 Å². The summed E-state index contributed by atoms with van der Waals surface area (Å²) in [6.07, 6.45) is 2.25. The fraction of sp³-hybridized carbons (Fsp3) is 0.533. The van der Waals surface area contributed by atoms with Crippen LogP contribution < -0.4 is 11.1 Å². The number of aliphatic imine (C=N–C) groups is 1. The second-order valence-corrected chi connectivity index (χ2v) is 5.32. The number of nitrogens with one attached hydrogen (secondary N) is 1. The van der Waals surface area contributed by atoms with Crippen molar-refractivity contribution in [2.75, 3.05) is 32.0 Å². The van der Waals surface area contributed by atoms with Gasteiger partial charge in [0.15, 0.2) is 5.96 Å². The molecule has 1 aliphatic rings. The molecule has 1 unspecified atom stereocenters. The van der Waals surface area contributed by atoms with Gasteiger partial charge < -0.3 is 16.0 Å². The number of hydrogen-bond donors (Lipinski definition) is 2. The minimum Gasteiger partial charge on any atom is -0.370 e. The predicted molar refractivity (Wildman–Crippen MR) is 97.0 cm³/mol. The molecule has 1 aliphatic heterocycles. The van der Waals surface area contributed by atoms with Gasteiger partial charge in [-0.15, -0.1) is 24.0 Å². The Hall–Kier alpha value is -0.820. The fourth-order valence-electron chi connectivity index (χ4n) is 2.46. The molecule has 0 radical (unpaired) electrons. The number of hydrogen-bond acceptors (Lipinski definition) is 2. The van der Waals surface area contributed by atoms with Crippen LogP contribution >= 0.6 is 24.0 Å². The Morgan fingerprint density at radius 3 is 2.95 bits per heavy atom. The van der Waals surface area contributed by atoms with Crippen LogP contribution in [0, 0.1) is 5.92 Å². The topological polar surface area (TPSA) is 53.6 Å². The van der Waals surface area contributed by atoms with Crippen molar-refractivity contribution in [1.29, 1.82) is 0 Å². The van der Waals surface area contributed by atoms with E-state index in [1.54, 1.807) is 0 Å². The second-order valence-electron chi connectivity index (χ2n) is 5.32. The van der Waals surface area contributed by atoms with Crippen LogP contribution in [0.5, 0.6) is 0 Å². The standard InChI is InChI=1S/C15H24N4.HI/c1-3-12-5-4-6-14(9-12)18-15(16)17-10-13-7-8-19(2)11-13;/h4-6,9,13H,3,7-8,10-11H2,1-2H3,(H3,16,17,18);1H. The first-order valence-electron chi connectivity index (χ1n) is 7.01. The summed E-state index contributed by atoms with van der Waals surface area (Å²) < 4.78 is 0. The van der Waals surface area contributed by atoms with Gasteiger partial charge in [0.05, 0.1) is 0 Å². The summed E-state index contributed by atoms with van der Waals surface area (Å²) >= 11 is 0. The van der Waals surface area contributed by atoms with Gasteiger partial charge in [-0.2, -0.15) is 0 Å². The first-order chi connectivity index (χ1) is 9.17. The number of halogens is 1. The highest BCUT2D eigenvalue weighted by Crippen LogP contribution is 2.14. The number of likely N-dealkylation sites (tertiary alicyclic amines) is 1. The molecule has 0 bridgehead atoms. The molecular weight excluding hydrogens is 363 g/mol. The number of nitrogens with two attached hydrogens (primary N) is 1. The van der Waals surface area contributed by atoms with Crippen molar-refractivity contribution >= 4 is 35.6 Å². The maximum absolute atomic E-state index is 5.94. The lowest BCUT2D eigenvalue weighted by molar-refractivity contribution is 0.397. The van der Waals surface area contributed by atoms with E-state index in [9.17, 15) is 0 Å². The maximum atomic E-state index is 5.94. The number of guanidine groups is 1. The Morgan fingerprint density at radius 2 is 2.30 bits per heavy atom. The van der Waals surface area contributed by atoms with Crippen molar-refractivity contribution in [3.8, 4) is 0 Å². The Balaban J connectivity index is 0.00000200. The molecule has 0 aliphatic carbocycles. The molecular formula is C15H25IN4. The average molecular weight is 388 g/mol. The average Bonchev–Trinajstić information content (AvgIpc) is 2.82. The highest BCUT2D eigenvalue weighted by atomic mass is 127. The minimum absolute atomic E-state index is 0. The van der Waals surface area contributed by atoms with Crippen molar-refractivity contribution < 1.29 is 0 Å². The molecule has 0 spiro atoms. The quantitative estimate of drug-likeness (QED) is 0.474. The molecule has 112 valence electrons. The van der Waals surface area contributed by atoms with Crippen molar-refractivity contribution in [2.45, 2.75) is 19.8 Å². The summed E-state index contributed by atoms with van der Waals surface area (Å²) in [7, 11) is 2.15. The van der Waals surface area contributed by atoms with E-state index in [1.807, 2.05) is 12.1 Å². The third-order valence-corrected chi connectivity index (χ3v) is 3.62. The van der Waals surface area contributed by atoms with Gasteiger partial charge >= 0.3 is 0 Å². The fourth-order valence-corrected chi connectivity index (χ4v) is 2.46. The van der Waals surface area contributed by atoms with Gasteiger partial charge in [-0.3, -0.25) is 4.99 Å². The zero-order chi connectivity index (χ0) is 13.7. The van der Waals surface area contributed by atoms with Crippen LogP contribution in [-0.4, -0.2) is 37.5 Å². The van der Waals surface area contributed by atoms with Gasteiger partial charge in [0.2, 0.25) is 0 Å². The van der Waals surface area contributed by atoms with E-state index in [-0.39, 0.29) is 24.0 Å². The summed E-state index contributed by atoms with van der Waals surface area (Å²) in [5.41, 5.74) is 8.25. The lowest BCUT2D eigenvalue weighted by atomic mass is 10.1. The van der Waals surface area contributed by atoms with Crippen molar-refractivity contribution in [1.82, 2.24) is 4.90 Å². The van der Waals surface area contributed by atoms with E-state index in [0.717, 1.165) is 25.2 Å². The molecule has 0 aromatic heterocycles. The Morgan fingerprint density at radius 1 is 1.50 bits per heavy atom. The molecule has 1 saturated heterocycles. The Kier molecular flexibility index (Phi) is 7.29. The number of rotatable bonds is 4. The first-order valence-corrected chi connectivity index (χ1v) is 7.01. The van der Waals surface area contributed by atoms with Crippen LogP contribution in [0.15, 0.2) is 29.3 Å². The van der Waals surface area contributed by atoms with E-state index < -0.39 is 0 Å². The third kappa shape index (κ3) is 5.28. The third-order valence-electron chi connectivity index (χ3n) is 3.62. The van der Waals surface area contributed by atoms with Gasteiger partial charge in [0.1, 0.15) is 0 Å². The zero-order valence-electron chi connectivity index (χ0n) is 12.3. The zero-order valence-corrected chi connectivity index (χ0v) is 14.6. The molecule has 1 heterocycles. The van der Waals surface area contributed by atoms with Crippen LogP contribution in [0.2, 0.25) is 0 Å².